The Kier molecular flexibility index (Phi) is 4.89. The van der Waals surface area contributed by atoms with Gasteiger partial charge in [-0.15, -0.1) is 13.2 Å². The van der Waals surface area contributed by atoms with E-state index >= 15 is 0 Å². The van der Waals surface area contributed by atoms with Crippen LogP contribution in [0.15, 0.2) is 29.3 Å². The van der Waals surface area contributed by atoms with E-state index in [-0.39, 0.29) is 24.1 Å². The number of halogens is 3. The fraction of sp³-hybridized carbons (Fsp3) is 0.400. The van der Waals surface area contributed by atoms with Crippen molar-refractivity contribution in [3.8, 4) is 5.75 Å². The van der Waals surface area contributed by atoms with Gasteiger partial charge in [-0.2, -0.15) is 0 Å². The van der Waals surface area contributed by atoms with Crippen LogP contribution in [0.25, 0.3) is 0 Å². The molecule has 1 saturated heterocycles. The minimum absolute atomic E-state index is 0.0546. The standard InChI is InChI=1S/C15H14F3N3O3S/c16-15(17,18)24-10-5-3-8(4-6-10)19-12(22)7-11-13(23)21-14(25-11)20-9-1-2-9/h3-6,9,11H,1-2,7H2,(H,19,22)(H,20,21,23)/t11-/m0/s1. The molecule has 2 aliphatic rings. The molecule has 1 heterocycles. The smallest absolute Gasteiger partial charge is 0.406 e. The van der Waals surface area contributed by atoms with Crippen molar-refractivity contribution in [2.75, 3.05) is 5.32 Å². The zero-order valence-corrected chi connectivity index (χ0v) is 13.6. The van der Waals surface area contributed by atoms with E-state index in [1.807, 2.05) is 0 Å². The molecule has 2 N–H and O–H groups in total. The third-order valence-corrected chi connectivity index (χ3v) is 4.46. The van der Waals surface area contributed by atoms with E-state index in [9.17, 15) is 22.8 Å². The molecule has 0 bridgehead atoms. The molecule has 1 atom stereocenters. The Morgan fingerprint density at radius 1 is 1.32 bits per heavy atom. The number of anilines is 1. The van der Waals surface area contributed by atoms with Crippen molar-refractivity contribution in [1.82, 2.24) is 5.32 Å². The van der Waals surface area contributed by atoms with Crippen molar-refractivity contribution in [3.05, 3.63) is 24.3 Å². The summed E-state index contributed by atoms with van der Waals surface area (Å²) in [6.07, 6.45) is -2.79. The number of nitrogens with one attached hydrogen (secondary N) is 2. The van der Waals surface area contributed by atoms with Crippen LogP contribution in [0.4, 0.5) is 18.9 Å². The number of rotatable bonds is 5. The maximum atomic E-state index is 12.1. The van der Waals surface area contributed by atoms with Gasteiger partial charge in [0, 0.05) is 12.1 Å². The number of hydrogen-bond acceptors (Lipinski definition) is 5. The quantitative estimate of drug-likeness (QED) is 0.832. The van der Waals surface area contributed by atoms with Crippen LogP contribution in [0.1, 0.15) is 19.3 Å². The summed E-state index contributed by atoms with van der Waals surface area (Å²) in [5, 5.41) is 5.16. The first-order valence-corrected chi connectivity index (χ1v) is 8.37. The van der Waals surface area contributed by atoms with Crippen molar-refractivity contribution < 1.29 is 27.5 Å². The largest absolute Gasteiger partial charge is 0.573 e. The van der Waals surface area contributed by atoms with Gasteiger partial charge in [-0.05, 0) is 37.1 Å². The average molecular weight is 373 g/mol. The normalized spacial score (nSPS) is 22.0. The first-order chi connectivity index (χ1) is 11.8. The minimum atomic E-state index is -4.77. The molecule has 0 unspecified atom stereocenters. The average Bonchev–Trinajstić information content (AvgIpc) is 3.24. The van der Waals surface area contributed by atoms with E-state index in [1.165, 1.54) is 23.9 Å². The van der Waals surface area contributed by atoms with Gasteiger partial charge in [0.2, 0.25) is 11.8 Å². The predicted octanol–water partition coefficient (Wildman–Crippen LogP) is 2.66. The molecule has 1 aliphatic carbocycles. The Labute approximate surface area is 145 Å². The number of carbonyl (C=O) groups is 2. The fourth-order valence-electron chi connectivity index (χ4n) is 2.09. The van der Waals surface area contributed by atoms with E-state index in [4.69, 9.17) is 0 Å². The van der Waals surface area contributed by atoms with Crippen molar-refractivity contribution >= 4 is 34.4 Å². The van der Waals surface area contributed by atoms with Crippen molar-refractivity contribution in [1.29, 1.82) is 0 Å². The zero-order chi connectivity index (χ0) is 18.0. The Hall–Kier alpha value is -2.23. The Bertz CT molecular complexity index is 702. The molecular weight excluding hydrogens is 359 g/mol. The predicted molar refractivity (Wildman–Crippen MR) is 86.4 cm³/mol. The third kappa shape index (κ3) is 5.38. The Morgan fingerprint density at radius 3 is 2.60 bits per heavy atom. The highest BCUT2D eigenvalue weighted by molar-refractivity contribution is 8.15. The van der Waals surface area contributed by atoms with Gasteiger partial charge in [0.05, 0.1) is 6.04 Å². The maximum Gasteiger partial charge on any atom is 0.573 e. The number of carbonyl (C=O) groups excluding carboxylic acids is 2. The molecule has 6 nitrogen and oxygen atoms in total. The summed E-state index contributed by atoms with van der Waals surface area (Å²) in [5.74, 6) is -1.06. The first-order valence-electron chi connectivity index (χ1n) is 7.49. The van der Waals surface area contributed by atoms with Crippen molar-refractivity contribution in [2.24, 2.45) is 4.99 Å². The van der Waals surface area contributed by atoms with Crippen LogP contribution in [-0.2, 0) is 9.59 Å². The van der Waals surface area contributed by atoms with E-state index in [1.54, 1.807) is 0 Å². The lowest BCUT2D eigenvalue weighted by Gasteiger charge is -2.10. The fourth-order valence-corrected chi connectivity index (χ4v) is 3.13. The molecule has 0 aromatic heterocycles. The van der Waals surface area contributed by atoms with Crippen LogP contribution in [0.5, 0.6) is 5.75 Å². The molecule has 1 saturated carbocycles. The molecule has 2 fully saturated rings. The van der Waals surface area contributed by atoms with Gasteiger partial charge in [0.1, 0.15) is 11.0 Å². The maximum absolute atomic E-state index is 12.1. The van der Waals surface area contributed by atoms with Crippen LogP contribution in [0, 0.1) is 0 Å². The van der Waals surface area contributed by atoms with Gasteiger partial charge in [-0.1, -0.05) is 11.8 Å². The number of aliphatic imine (C=N–C) groups is 1. The van der Waals surface area contributed by atoms with E-state index in [0.717, 1.165) is 25.0 Å². The molecule has 0 radical (unpaired) electrons. The van der Waals surface area contributed by atoms with Gasteiger partial charge in [0.25, 0.3) is 0 Å². The summed E-state index contributed by atoms with van der Waals surface area (Å²) in [4.78, 5) is 28.2. The number of amidine groups is 1. The Morgan fingerprint density at radius 2 is 2.00 bits per heavy atom. The molecule has 3 rings (SSSR count). The van der Waals surface area contributed by atoms with Gasteiger partial charge >= 0.3 is 6.36 Å². The zero-order valence-electron chi connectivity index (χ0n) is 12.8. The molecule has 10 heteroatoms. The molecule has 134 valence electrons. The SMILES string of the molecule is O=C(C[C@@H]1SC(=NC2CC2)NC1=O)Nc1ccc(OC(F)(F)F)cc1. The van der Waals surface area contributed by atoms with E-state index in [2.05, 4.69) is 20.4 Å². The lowest BCUT2D eigenvalue weighted by Crippen LogP contribution is -2.28. The lowest BCUT2D eigenvalue weighted by molar-refractivity contribution is -0.274. The lowest BCUT2D eigenvalue weighted by atomic mass is 10.2. The number of hydrogen-bond donors (Lipinski definition) is 2. The Balaban J connectivity index is 1.51. The highest BCUT2D eigenvalue weighted by atomic mass is 32.2. The summed E-state index contributed by atoms with van der Waals surface area (Å²) < 4.78 is 40.0. The number of benzene rings is 1. The number of nitrogens with zero attached hydrogens (tertiary/aromatic N) is 1. The number of thioether (sulfide) groups is 1. The highest BCUT2D eigenvalue weighted by Gasteiger charge is 2.34. The minimum Gasteiger partial charge on any atom is -0.406 e. The molecular formula is C15H14F3N3O3S. The van der Waals surface area contributed by atoms with Gasteiger partial charge in [0.15, 0.2) is 5.17 Å². The third-order valence-electron chi connectivity index (χ3n) is 3.37. The van der Waals surface area contributed by atoms with Crippen LogP contribution in [-0.4, -0.2) is 34.6 Å². The summed E-state index contributed by atoms with van der Waals surface area (Å²) in [6, 6.07) is 5.05. The van der Waals surface area contributed by atoms with Crippen LogP contribution >= 0.6 is 11.8 Å². The molecule has 1 aromatic carbocycles. The number of ether oxygens (including phenoxy) is 1. The van der Waals surface area contributed by atoms with E-state index in [0.29, 0.717) is 10.9 Å². The second-order valence-electron chi connectivity index (χ2n) is 5.59. The highest BCUT2D eigenvalue weighted by Crippen LogP contribution is 2.29. The molecule has 2 amide bonds. The number of alkyl halides is 3. The molecule has 25 heavy (non-hydrogen) atoms. The summed E-state index contributed by atoms with van der Waals surface area (Å²) >= 11 is 1.22. The van der Waals surface area contributed by atoms with Crippen LogP contribution in [0.2, 0.25) is 0 Å². The topological polar surface area (TPSA) is 79.8 Å². The molecule has 0 spiro atoms. The van der Waals surface area contributed by atoms with Crippen molar-refractivity contribution in [2.45, 2.75) is 36.9 Å². The first kappa shape index (κ1) is 17.6. The molecule has 1 aliphatic heterocycles. The second-order valence-corrected chi connectivity index (χ2v) is 6.78. The second kappa shape index (κ2) is 6.95. The van der Waals surface area contributed by atoms with Gasteiger partial charge < -0.3 is 15.4 Å². The van der Waals surface area contributed by atoms with Crippen LogP contribution in [0.3, 0.4) is 0 Å². The molecule has 1 aromatic rings. The van der Waals surface area contributed by atoms with Crippen molar-refractivity contribution in [3.63, 3.8) is 0 Å². The van der Waals surface area contributed by atoms with E-state index < -0.39 is 17.5 Å². The number of amides is 2. The summed E-state index contributed by atoms with van der Waals surface area (Å²) in [5.41, 5.74) is 0.315. The summed E-state index contributed by atoms with van der Waals surface area (Å²) in [7, 11) is 0. The summed E-state index contributed by atoms with van der Waals surface area (Å²) in [6.45, 7) is 0. The van der Waals surface area contributed by atoms with Crippen LogP contribution < -0.4 is 15.4 Å². The van der Waals surface area contributed by atoms with Gasteiger partial charge in [-0.25, -0.2) is 0 Å². The monoisotopic (exact) mass is 373 g/mol. The van der Waals surface area contributed by atoms with Gasteiger partial charge in [-0.3, -0.25) is 14.6 Å².